The Morgan fingerprint density at radius 2 is 2.40 bits per heavy atom. The summed E-state index contributed by atoms with van der Waals surface area (Å²) >= 11 is 0. The number of β-amino-alcohol motifs (C(OH)–C–C–N with tert-alkyl or cyclic N) is 1. The first-order valence-corrected chi connectivity index (χ1v) is 4.87. The van der Waals surface area contributed by atoms with Crippen LogP contribution >= 0.6 is 0 Å². The van der Waals surface area contributed by atoms with Crippen molar-refractivity contribution in [1.82, 2.24) is 14.5 Å². The van der Waals surface area contributed by atoms with Crippen LogP contribution in [-0.2, 0) is 6.54 Å². The maximum absolute atomic E-state index is 12.5. The van der Waals surface area contributed by atoms with Crippen molar-refractivity contribution in [2.24, 2.45) is 0 Å². The molecular formula is C9H13F2N3O. The van der Waals surface area contributed by atoms with Crippen molar-refractivity contribution >= 4 is 0 Å². The molecule has 0 amide bonds. The van der Waals surface area contributed by atoms with E-state index >= 15 is 0 Å². The lowest BCUT2D eigenvalue weighted by atomic mass is 10.3. The fourth-order valence-corrected chi connectivity index (χ4v) is 1.80. The summed E-state index contributed by atoms with van der Waals surface area (Å²) in [5.74, 6) is 0.346. The molecular weight excluding hydrogens is 204 g/mol. The van der Waals surface area contributed by atoms with Crippen molar-refractivity contribution in [2.45, 2.75) is 25.6 Å². The van der Waals surface area contributed by atoms with Crippen LogP contribution in [-0.4, -0.2) is 38.8 Å². The van der Waals surface area contributed by atoms with Crippen molar-refractivity contribution in [2.75, 3.05) is 13.1 Å². The normalized spacial score (nSPS) is 22.8. The molecule has 1 aliphatic rings. The molecule has 0 aliphatic carbocycles. The molecule has 2 heterocycles. The first-order valence-electron chi connectivity index (χ1n) is 4.87. The lowest BCUT2D eigenvalue weighted by Crippen LogP contribution is -2.23. The number of hydrogen-bond acceptors (Lipinski definition) is 3. The molecule has 0 unspecified atom stereocenters. The number of alkyl halides is 2. The molecule has 1 saturated heterocycles. The van der Waals surface area contributed by atoms with Crippen molar-refractivity contribution in [3.05, 3.63) is 18.2 Å². The molecule has 0 saturated carbocycles. The van der Waals surface area contributed by atoms with E-state index in [4.69, 9.17) is 0 Å². The average molecular weight is 217 g/mol. The summed E-state index contributed by atoms with van der Waals surface area (Å²) in [5, 5.41) is 9.29. The van der Waals surface area contributed by atoms with Gasteiger partial charge in [-0.05, 0) is 6.42 Å². The third kappa shape index (κ3) is 2.32. The maximum atomic E-state index is 12.5. The Hall–Kier alpha value is -1.01. The van der Waals surface area contributed by atoms with E-state index in [0.29, 0.717) is 25.3 Å². The molecule has 1 aromatic rings. The first kappa shape index (κ1) is 10.5. The van der Waals surface area contributed by atoms with Gasteiger partial charge in [0.2, 0.25) is 0 Å². The van der Waals surface area contributed by atoms with Gasteiger partial charge in [0.1, 0.15) is 5.82 Å². The van der Waals surface area contributed by atoms with Crippen LogP contribution in [0, 0.1) is 0 Å². The van der Waals surface area contributed by atoms with Gasteiger partial charge >= 0.3 is 6.55 Å². The van der Waals surface area contributed by atoms with Crippen molar-refractivity contribution in [1.29, 1.82) is 0 Å². The van der Waals surface area contributed by atoms with Crippen molar-refractivity contribution in [3.8, 4) is 0 Å². The Bertz CT molecular complexity index is 329. The van der Waals surface area contributed by atoms with E-state index in [-0.39, 0.29) is 6.10 Å². The van der Waals surface area contributed by atoms with E-state index in [9.17, 15) is 13.9 Å². The topological polar surface area (TPSA) is 41.3 Å². The number of aromatic nitrogens is 2. The van der Waals surface area contributed by atoms with E-state index < -0.39 is 6.55 Å². The molecule has 0 bridgehead atoms. The van der Waals surface area contributed by atoms with Crippen LogP contribution in [0.1, 0.15) is 18.8 Å². The quantitative estimate of drug-likeness (QED) is 0.815. The summed E-state index contributed by atoms with van der Waals surface area (Å²) in [6.07, 6.45) is 3.01. The van der Waals surface area contributed by atoms with Crippen molar-refractivity contribution in [3.63, 3.8) is 0 Å². The van der Waals surface area contributed by atoms with Gasteiger partial charge in [0.15, 0.2) is 0 Å². The largest absolute Gasteiger partial charge is 0.392 e. The second-order valence-corrected chi connectivity index (χ2v) is 3.71. The SMILES string of the molecule is O[C@@H]1CCN(Cc2nccn2C(F)F)C1. The number of aliphatic hydroxyl groups is 1. The van der Waals surface area contributed by atoms with Crippen LogP contribution in [0.15, 0.2) is 12.4 Å². The van der Waals surface area contributed by atoms with Gasteiger partial charge < -0.3 is 5.11 Å². The van der Waals surface area contributed by atoms with Crippen LogP contribution in [0.3, 0.4) is 0 Å². The summed E-state index contributed by atoms with van der Waals surface area (Å²) < 4.78 is 25.8. The van der Waals surface area contributed by atoms with Gasteiger partial charge in [-0.15, -0.1) is 0 Å². The molecule has 1 N–H and O–H groups in total. The number of hydrogen-bond donors (Lipinski definition) is 1. The predicted molar refractivity (Wildman–Crippen MR) is 49.4 cm³/mol. The first-order chi connectivity index (χ1) is 7.16. The van der Waals surface area contributed by atoms with E-state index in [1.165, 1.54) is 12.4 Å². The van der Waals surface area contributed by atoms with Gasteiger partial charge in [-0.1, -0.05) is 0 Å². The Morgan fingerprint density at radius 3 is 3.00 bits per heavy atom. The van der Waals surface area contributed by atoms with Crippen LogP contribution in [0.4, 0.5) is 8.78 Å². The molecule has 0 aromatic carbocycles. The molecule has 1 fully saturated rings. The highest BCUT2D eigenvalue weighted by Crippen LogP contribution is 2.16. The molecule has 1 aliphatic heterocycles. The van der Waals surface area contributed by atoms with Gasteiger partial charge in [-0.2, -0.15) is 8.78 Å². The molecule has 1 atom stereocenters. The van der Waals surface area contributed by atoms with Crippen LogP contribution in [0.5, 0.6) is 0 Å². The van der Waals surface area contributed by atoms with E-state index in [1.807, 2.05) is 4.90 Å². The Balaban J connectivity index is 2.01. The average Bonchev–Trinajstić information content (AvgIpc) is 2.75. The lowest BCUT2D eigenvalue weighted by Gasteiger charge is -2.15. The number of imidazole rings is 1. The highest BCUT2D eigenvalue weighted by atomic mass is 19.3. The molecule has 6 heteroatoms. The number of nitrogens with zero attached hydrogens (tertiary/aromatic N) is 3. The number of aliphatic hydroxyl groups excluding tert-OH is 1. The second kappa shape index (κ2) is 4.24. The third-order valence-corrected chi connectivity index (χ3v) is 2.57. The zero-order valence-electron chi connectivity index (χ0n) is 8.18. The van der Waals surface area contributed by atoms with Gasteiger partial charge in [0.05, 0.1) is 12.6 Å². The molecule has 0 spiro atoms. The zero-order chi connectivity index (χ0) is 10.8. The Labute approximate surface area is 86.1 Å². The fraction of sp³-hybridized carbons (Fsp3) is 0.667. The van der Waals surface area contributed by atoms with E-state index in [1.54, 1.807) is 0 Å². The smallest absolute Gasteiger partial charge is 0.319 e. The predicted octanol–water partition coefficient (Wildman–Crippen LogP) is 0.845. The molecule has 15 heavy (non-hydrogen) atoms. The Kier molecular flexibility index (Phi) is 2.97. The molecule has 1 aromatic heterocycles. The minimum atomic E-state index is -2.55. The second-order valence-electron chi connectivity index (χ2n) is 3.71. The monoisotopic (exact) mass is 217 g/mol. The zero-order valence-corrected chi connectivity index (χ0v) is 8.18. The van der Waals surface area contributed by atoms with Crippen molar-refractivity contribution < 1.29 is 13.9 Å². The fourth-order valence-electron chi connectivity index (χ4n) is 1.80. The summed E-state index contributed by atoms with van der Waals surface area (Å²) in [5.41, 5.74) is 0. The van der Waals surface area contributed by atoms with Gasteiger partial charge in [0.25, 0.3) is 0 Å². The highest BCUT2D eigenvalue weighted by molar-refractivity contribution is 4.94. The summed E-state index contributed by atoms with van der Waals surface area (Å²) in [6.45, 7) is -0.906. The third-order valence-electron chi connectivity index (χ3n) is 2.57. The summed E-state index contributed by atoms with van der Waals surface area (Å²) in [7, 11) is 0. The molecule has 2 rings (SSSR count). The van der Waals surface area contributed by atoms with Gasteiger partial charge in [-0.25, -0.2) is 4.98 Å². The van der Waals surface area contributed by atoms with Crippen LogP contribution < -0.4 is 0 Å². The number of likely N-dealkylation sites (tertiary alicyclic amines) is 1. The minimum absolute atomic E-state index is 0.333. The minimum Gasteiger partial charge on any atom is -0.392 e. The lowest BCUT2D eigenvalue weighted by molar-refractivity contribution is 0.0641. The maximum Gasteiger partial charge on any atom is 0.319 e. The Morgan fingerprint density at radius 1 is 1.60 bits per heavy atom. The van der Waals surface area contributed by atoms with Gasteiger partial charge in [0, 0.05) is 25.5 Å². The summed E-state index contributed by atoms with van der Waals surface area (Å²) in [4.78, 5) is 5.81. The number of halogens is 2. The van der Waals surface area contributed by atoms with Gasteiger partial charge in [-0.3, -0.25) is 9.47 Å². The number of rotatable bonds is 3. The molecule has 0 radical (unpaired) electrons. The summed E-state index contributed by atoms with van der Waals surface area (Å²) in [6, 6.07) is 0. The van der Waals surface area contributed by atoms with E-state index in [2.05, 4.69) is 4.98 Å². The standard InChI is InChI=1S/C9H13F2N3O/c10-9(11)14-4-2-12-8(14)6-13-3-1-7(15)5-13/h2,4,7,9,15H,1,3,5-6H2/t7-/m1/s1. The molecule has 4 nitrogen and oxygen atoms in total. The molecule has 84 valence electrons. The van der Waals surface area contributed by atoms with Crippen LogP contribution in [0.2, 0.25) is 0 Å². The van der Waals surface area contributed by atoms with Crippen LogP contribution in [0.25, 0.3) is 0 Å². The van der Waals surface area contributed by atoms with E-state index in [0.717, 1.165) is 11.1 Å². The highest BCUT2D eigenvalue weighted by Gasteiger charge is 2.22.